The molecular formula is C27H33F3N5O4+. The second kappa shape index (κ2) is 9.34. The molecule has 0 radical (unpaired) electrons. The molecule has 2 saturated carbocycles. The molecule has 1 aromatic carbocycles. The number of nitrogens with zero attached hydrogens (tertiary/aromatic N) is 2. The molecule has 9 nitrogen and oxygen atoms in total. The Kier molecular flexibility index (Phi) is 6.50. The van der Waals surface area contributed by atoms with E-state index in [0.29, 0.717) is 31.4 Å². The van der Waals surface area contributed by atoms with Crippen molar-refractivity contribution in [2.24, 2.45) is 11.3 Å². The lowest BCUT2D eigenvalue weighted by Crippen LogP contribution is -2.59. The number of nitrogens with one attached hydrogen (secondary N) is 3. The van der Waals surface area contributed by atoms with Crippen LogP contribution in [0.1, 0.15) is 51.0 Å². The van der Waals surface area contributed by atoms with E-state index >= 15 is 0 Å². The summed E-state index contributed by atoms with van der Waals surface area (Å²) >= 11 is 0. The van der Waals surface area contributed by atoms with Crippen LogP contribution in [0.3, 0.4) is 0 Å². The van der Waals surface area contributed by atoms with Crippen molar-refractivity contribution in [3.63, 3.8) is 0 Å². The van der Waals surface area contributed by atoms with E-state index in [1.54, 1.807) is 29.5 Å². The Morgan fingerprint density at radius 1 is 1.21 bits per heavy atom. The van der Waals surface area contributed by atoms with Gasteiger partial charge < -0.3 is 16.0 Å². The highest BCUT2D eigenvalue weighted by Crippen LogP contribution is 2.49. The van der Waals surface area contributed by atoms with E-state index in [2.05, 4.69) is 17.4 Å². The monoisotopic (exact) mass is 548 g/mol. The lowest BCUT2D eigenvalue weighted by Gasteiger charge is -2.30. The highest BCUT2D eigenvalue weighted by Gasteiger charge is 2.59. The largest absolute Gasteiger partial charge is 0.471 e. The van der Waals surface area contributed by atoms with Crippen molar-refractivity contribution < 1.29 is 36.9 Å². The third-order valence-electron chi connectivity index (χ3n) is 8.66. The molecule has 4 amide bonds. The SMILES string of the molecule is C=[N+](C)[C@@H]1C[C@@]2(CN1C(=O)[C@H](CC1CC1)NC(=O)[C@H](NC(=O)C(F)(F)F)C1(C)CC1)C(=O)Nc1ccccc12. The van der Waals surface area contributed by atoms with Crippen LogP contribution >= 0.6 is 0 Å². The van der Waals surface area contributed by atoms with E-state index in [1.165, 1.54) is 0 Å². The second-order valence-electron chi connectivity index (χ2n) is 11.8. The summed E-state index contributed by atoms with van der Waals surface area (Å²) in [7, 11) is 1.70. The molecular weight excluding hydrogens is 515 g/mol. The Bertz CT molecular complexity index is 1240. The summed E-state index contributed by atoms with van der Waals surface area (Å²) in [6.07, 6.45) is -2.36. The number of carbonyl (C=O) groups is 4. The lowest BCUT2D eigenvalue weighted by molar-refractivity contribution is -0.549. The van der Waals surface area contributed by atoms with E-state index in [0.717, 1.165) is 18.4 Å². The summed E-state index contributed by atoms with van der Waals surface area (Å²) in [6.45, 7) is 5.68. The minimum atomic E-state index is -5.14. The molecule has 12 heteroatoms. The number of alkyl halides is 3. The van der Waals surface area contributed by atoms with Gasteiger partial charge in [-0.3, -0.25) is 24.1 Å². The summed E-state index contributed by atoms with van der Waals surface area (Å²) in [5.41, 5.74) is -0.332. The van der Waals surface area contributed by atoms with Crippen LogP contribution in [-0.2, 0) is 24.6 Å². The summed E-state index contributed by atoms with van der Waals surface area (Å²) < 4.78 is 40.6. The van der Waals surface area contributed by atoms with Crippen molar-refractivity contribution in [1.82, 2.24) is 15.5 Å². The van der Waals surface area contributed by atoms with Crippen molar-refractivity contribution in [1.29, 1.82) is 0 Å². The third kappa shape index (κ3) is 5.00. The maximum absolute atomic E-state index is 14.0. The van der Waals surface area contributed by atoms with Gasteiger partial charge in [0.05, 0.1) is 6.42 Å². The summed E-state index contributed by atoms with van der Waals surface area (Å²) in [5, 5.41) is 7.44. The summed E-state index contributed by atoms with van der Waals surface area (Å²) in [6, 6.07) is 4.86. The van der Waals surface area contributed by atoms with Crippen molar-refractivity contribution in [2.45, 2.75) is 75.3 Å². The number of benzene rings is 1. The van der Waals surface area contributed by atoms with E-state index in [9.17, 15) is 32.3 Å². The first-order valence-electron chi connectivity index (χ1n) is 13.2. The topological polar surface area (TPSA) is 111 Å². The first kappa shape index (κ1) is 27.1. The number of amides is 4. The van der Waals surface area contributed by atoms with Crippen molar-refractivity contribution in [3.05, 3.63) is 29.8 Å². The van der Waals surface area contributed by atoms with Crippen LogP contribution in [0.2, 0.25) is 0 Å². The Morgan fingerprint density at radius 3 is 2.46 bits per heavy atom. The van der Waals surface area contributed by atoms with Gasteiger partial charge in [-0.2, -0.15) is 13.2 Å². The molecule has 2 aliphatic carbocycles. The van der Waals surface area contributed by atoms with Gasteiger partial charge in [0.25, 0.3) is 0 Å². The van der Waals surface area contributed by atoms with Crippen LogP contribution in [0.15, 0.2) is 24.3 Å². The maximum atomic E-state index is 14.0. The molecule has 1 saturated heterocycles. The minimum absolute atomic E-state index is 0.0716. The van der Waals surface area contributed by atoms with Crippen LogP contribution in [0.4, 0.5) is 18.9 Å². The highest BCUT2D eigenvalue weighted by molar-refractivity contribution is 6.07. The zero-order valence-electron chi connectivity index (χ0n) is 21.9. The number of rotatable bonds is 8. The fourth-order valence-corrected chi connectivity index (χ4v) is 5.85. The van der Waals surface area contributed by atoms with Crippen molar-refractivity contribution >= 4 is 36.0 Å². The number of carbonyl (C=O) groups excluding carboxylic acids is 4. The first-order valence-corrected chi connectivity index (χ1v) is 13.2. The molecule has 4 atom stereocenters. The molecule has 2 heterocycles. The Labute approximate surface area is 224 Å². The van der Waals surface area contributed by atoms with Gasteiger partial charge in [0.1, 0.15) is 31.3 Å². The Morgan fingerprint density at radius 2 is 1.87 bits per heavy atom. The van der Waals surface area contributed by atoms with Gasteiger partial charge in [-0.1, -0.05) is 38.0 Å². The zero-order valence-corrected chi connectivity index (χ0v) is 21.9. The maximum Gasteiger partial charge on any atom is 0.471 e. The standard InChI is InChI=1S/C27H32F3N5O4/c1-25(10-11-25)20(33-24(39)27(28,29)30)21(36)31-18(12-15-8-9-15)22(37)35-14-26(13-19(35)34(2)3)16-6-4-5-7-17(16)32-23(26)38/h4-7,15,18-20H,2,8-14H2,1,3H3,(H2-,31,32,33,36,38,39)/p+1/t18-,19-,20-,26-/m0/s1. The van der Waals surface area contributed by atoms with Gasteiger partial charge in [-0.25, -0.2) is 4.58 Å². The fraction of sp³-hybridized carbons (Fsp3) is 0.593. The van der Waals surface area contributed by atoms with E-state index < -0.39 is 53.0 Å². The minimum Gasteiger partial charge on any atom is -0.342 e. The lowest BCUT2D eigenvalue weighted by atomic mass is 9.80. The van der Waals surface area contributed by atoms with Gasteiger partial charge in [0.2, 0.25) is 23.9 Å². The molecule has 210 valence electrons. The number of halogens is 3. The van der Waals surface area contributed by atoms with Gasteiger partial charge in [-0.05, 0) is 42.2 Å². The molecule has 0 unspecified atom stereocenters. The summed E-state index contributed by atoms with van der Waals surface area (Å²) in [4.78, 5) is 53.9. The molecule has 5 rings (SSSR count). The van der Waals surface area contributed by atoms with Crippen LogP contribution in [-0.4, -0.2) is 77.8 Å². The molecule has 1 spiro atoms. The molecule has 1 aromatic rings. The number of likely N-dealkylation sites (tertiary alicyclic amines) is 1. The predicted octanol–water partition coefficient (Wildman–Crippen LogP) is 1.91. The van der Waals surface area contributed by atoms with Gasteiger partial charge in [0.15, 0.2) is 0 Å². The van der Waals surface area contributed by atoms with E-state index in [1.807, 2.05) is 23.5 Å². The third-order valence-corrected chi connectivity index (χ3v) is 8.66. The van der Waals surface area contributed by atoms with Crippen LogP contribution in [0.5, 0.6) is 0 Å². The predicted molar refractivity (Wildman–Crippen MR) is 135 cm³/mol. The number of hydrogen-bond donors (Lipinski definition) is 3. The smallest absolute Gasteiger partial charge is 0.342 e. The van der Waals surface area contributed by atoms with Crippen LogP contribution < -0.4 is 16.0 Å². The average molecular weight is 549 g/mol. The van der Waals surface area contributed by atoms with Crippen molar-refractivity contribution in [3.8, 4) is 0 Å². The molecule has 0 aromatic heterocycles. The molecule has 39 heavy (non-hydrogen) atoms. The second-order valence-corrected chi connectivity index (χ2v) is 11.8. The number of fused-ring (bicyclic) bond motifs is 2. The zero-order chi connectivity index (χ0) is 28.3. The number of anilines is 1. The number of hydrogen-bond acceptors (Lipinski definition) is 4. The first-order chi connectivity index (χ1) is 18.2. The van der Waals surface area contributed by atoms with Crippen molar-refractivity contribution in [2.75, 3.05) is 18.9 Å². The molecule has 3 fully saturated rings. The van der Waals surface area contributed by atoms with Gasteiger partial charge in [-0.15, -0.1) is 0 Å². The molecule has 0 bridgehead atoms. The average Bonchev–Trinajstić information content (AvgIpc) is 3.77. The normalized spacial score (nSPS) is 26.4. The van der Waals surface area contributed by atoms with Gasteiger partial charge >= 0.3 is 12.1 Å². The molecule has 3 N–H and O–H groups in total. The quantitative estimate of drug-likeness (QED) is 0.341. The Hall–Kier alpha value is -3.44. The van der Waals surface area contributed by atoms with E-state index in [4.69, 9.17) is 0 Å². The van der Waals surface area contributed by atoms with Crippen LogP contribution in [0, 0.1) is 11.3 Å². The Balaban J connectivity index is 1.40. The highest BCUT2D eigenvalue weighted by atomic mass is 19.4. The summed E-state index contributed by atoms with van der Waals surface area (Å²) in [5.74, 6) is -3.45. The molecule has 2 aliphatic heterocycles. The fourth-order valence-electron chi connectivity index (χ4n) is 5.85. The van der Waals surface area contributed by atoms with Crippen LogP contribution in [0.25, 0.3) is 0 Å². The van der Waals surface area contributed by atoms with Gasteiger partial charge in [0, 0.05) is 12.2 Å². The number of para-hydroxylation sites is 1. The van der Waals surface area contributed by atoms with E-state index in [-0.39, 0.29) is 18.4 Å². The molecule has 4 aliphatic rings.